The minimum absolute atomic E-state index is 0.287. The third-order valence-electron chi connectivity index (χ3n) is 2.23. The third-order valence-corrected chi connectivity index (χ3v) is 2.23. The molecule has 0 aromatic heterocycles. The number of nitrogens with one attached hydrogen (secondary N) is 1. The van der Waals surface area contributed by atoms with Crippen molar-refractivity contribution < 1.29 is 9.50 Å². The number of rotatable bonds is 1. The van der Waals surface area contributed by atoms with Crippen molar-refractivity contribution in [3.8, 4) is 0 Å². The molecule has 1 aromatic rings. The molecule has 1 atom stereocenters. The van der Waals surface area contributed by atoms with Crippen molar-refractivity contribution in [2.24, 2.45) is 0 Å². The predicted octanol–water partition coefficient (Wildman–Crippen LogP) is 1.14. The van der Waals surface area contributed by atoms with E-state index in [1.165, 1.54) is 18.6 Å². The average molecular weight is 212 g/mol. The fourth-order valence-corrected chi connectivity index (χ4v) is 1.42. The van der Waals surface area contributed by atoms with Crippen LogP contribution in [0.25, 0.3) is 0 Å². The van der Waals surface area contributed by atoms with Crippen LogP contribution in [0.5, 0.6) is 0 Å². The van der Waals surface area contributed by atoms with Gasteiger partial charge in [0.1, 0.15) is 5.82 Å². The zero-order valence-electron chi connectivity index (χ0n) is 8.62. The second kappa shape index (κ2) is 6.37. The van der Waals surface area contributed by atoms with Gasteiger partial charge < -0.3 is 16.2 Å². The van der Waals surface area contributed by atoms with Crippen LogP contribution < -0.4 is 11.1 Å². The minimum atomic E-state index is -0.287. The summed E-state index contributed by atoms with van der Waals surface area (Å²) in [6.45, 7) is 1.39. The largest absolute Gasteiger partial charge is 0.399 e. The van der Waals surface area contributed by atoms with Crippen LogP contribution in [0.1, 0.15) is 12.8 Å². The maximum absolute atomic E-state index is 12.1. The molecule has 0 radical (unpaired) electrons. The maximum Gasteiger partial charge on any atom is 0.125 e. The van der Waals surface area contributed by atoms with Crippen LogP contribution in [0.15, 0.2) is 24.3 Å². The van der Waals surface area contributed by atoms with Gasteiger partial charge in [-0.25, -0.2) is 4.39 Å². The predicted molar refractivity (Wildman–Crippen MR) is 58.9 cm³/mol. The highest BCUT2D eigenvalue weighted by atomic mass is 19.1. The second-order valence-electron chi connectivity index (χ2n) is 3.53. The Hall–Kier alpha value is -1.13. The van der Waals surface area contributed by atoms with E-state index >= 15 is 0 Å². The summed E-state index contributed by atoms with van der Waals surface area (Å²) in [6.07, 6.45) is 2.38. The lowest BCUT2D eigenvalue weighted by Gasteiger charge is -2.01. The Balaban J connectivity index is 0.000000151. The van der Waals surface area contributed by atoms with E-state index in [0.29, 0.717) is 18.3 Å². The van der Waals surface area contributed by atoms with E-state index in [0.717, 1.165) is 13.0 Å². The lowest BCUT2D eigenvalue weighted by atomic mass is 10.2. The van der Waals surface area contributed by atoms with Crippen molar-refractivity contribution in [2.45, 2.75) is 18.9 Å². The molecule has 1 saturated heterocycles. The SMILES string of the molecule is Nc1cccc(F)c1.OCC1CCCN1. The number of benzene rings is 1. The molecular weight excluding hydrogens is 195 g/mol. The van der Waals surface area contributed by atoms with Crippen molar-refractivity contribution in [2.75, 3.05) is 18.9 Å². The van der Waals surface area contributed by atoms with E-state index in [-0.39, 0.29) is 5.82 Å². The molecule has 0 bridgehead atoms. The van der Waals surface area contributed by atoms with Gasteiger partial charge in [-0.1, -0.05) is 6.07 Å². The Kier molecular flexibility index (Phi) is 5.07. The van der Waals surface area contributed by atoms with Gasteiger partial charge in [-0.2, -0.15) is 0 Å². The van der Waals surface area contributed by atoms with Crippen LogP contribution >= 0.6 is 0 Å². The zero-order chi connectivity index (χ0) is 11.1. The number of hydrogen-bond acceptors (Lipinski definition) is 3. The average Bonchev–Trinajstić information content (AvgIpc) is 2.70. The van der Waals surface area contributed by atoms with Crippen LogP contribution in [0.4, 0.5) is 10.1 Å². The van der Waals surface area contributed by atoms with Crippen molar-refractivity contribution in [1.29, 1.82) is 0 Å². The van der Waals surface area contributed by atoms with E-state index in [9.17, 15) is 4.39 Å². The summed E-state index contributed by atoms with van der Waals surface area (Å²) >= 11 is 0. The Morgan fingerprint density at radius 2 is 2.33 bits per heavy atom. The minimum Gasteiger partial charge on any atom is -0.399 e. The number of aliphatic hydroxyl groups excluding tert-OH is 1. The van der Waals surface area contributed by atoms with E-state index in [4.69, 9.17) is 10.8 Å². The van der Waals surface area contributed by atoms with Crippen LogP contribution in [0.3, 0.4) is 0 Å². The molecule has 0 amide bonds. The molecule has 15 heavy (non-hydrogen) atoms. The fraction of sp³-hybridized carbons (Fsp3) is 0.455. The molecule has 84 valence electrons. The monoisotopic (exact) mass is 212 g/mol. The first kappa shape index (κ1) is 11.9. The molecule has 1 aliphatic rings. The van der Waals surface area contributed by atoms with E-state index in [2.05, 4.69) is 5.32 Å². The summed E-state index contributed by atoms with van der Waals surface area (Å²) in [5.41, 5.74) is 5.68. The number of nitrogens with two attached hydrogens (primary N) is 1. The lowest BCUT2D eigenvalue weighted by molar-refractivity contribution is 0.255. The molecule has 1 fully saturated rings. The zero-order valence-corrected chi connectivity index (χ0v) is 8.62. The van der Waals surface area contributed by atoms with Gasteiger partial charge in [0, 0.05) is 11.7 Å². The smallest absolute Gasteiger partial charge is 0.125 e. The van der Waals surface area contributed by atoms with E-state index in [1.807, 2.05) is 0 Å². The summed E-state index contributed by atoms with van der Waals surface area (Å²) in [5.74, 6) is -0.287. The van der Waals surface area contributed by atoms with Crippen molar-refractivity contribution >= 4 is 5.69 Å². The Morgan fingerprint density at radius 1 is 1.53 bits per heavy atom. The molecule has 4 heteroatoms. The van der Waals surface area contributed by atoms with E-state index < -0.39 is 0 Å². The Morgan fingerprint density at radius 3 is 2.67 bits per heavy atom. The van der Waals surface area contributed by atoms with Gasteiger partial charge in [-0.15, -0.1) is 0 Å². The highest BCUT2D eigenvalue weighted by molar-refractivity contribution is 5.36. The van der Waals surface area contributed by atoms with Crippen LogP contribution in [-0.2, 0) is 0 Å². The molecule has 0 aliphatic carbocycles. The normalized spacial score (nSPS) is 19.5. The first-order chi connectivity index (χ1) is 7.22. The molecule has 0 saturated carbocycles. The standard InChI is InChI=1S/C6H6FN.C5H11NO/c7-5-2-1-3-6(8)4-5;7-4-5-2-1-3-6-5/h1-4H,8H2;5-7H,1-4H2. The van der Waals surface area contributed by atoms with E-state index in [1.54, 1.807) is 12.1 Å². The van der Waals surface area contributed by atoms with Crippen LogP contribution in [0, 0.1) is 5.82 Å². The molecule has 4 N–H and O–H groups in total. The number of halogens is 1. The number of hydrogen-bond donors (Lipinski definition) is 3. The summed E-state index contributed by atoms with van der Waals surface area (Å²) in [5, 5.41) is 11.7. The summed E-state index contributed by atoms with van der Waals surface area (Å²) in [4.78, 5) is 0. The Labute approximate surface area is 89.1 Å². The molecule has 1 aliphatic heterocycles. The molecule has 1 aromatic carbocycles. The lowest BCUT2D eigenvalue weighted by Crippen LogP contribution is -2.24. The van der Waals surface area contributed by atoms with Crippen LogP contribution in [-0.4, -0.2) is 24.3 Å². The first-order valence-electron chi connectivity index (χ1n) is 5.07. The van der Waals surface area contributed by atoms with Crippen molar-refractivity contribution in [3.05, 3.63) is 30.1 Å². The number of aliphatic hydroxyl groups is 1. The van der Waals surface area contributed by atoms with Gasteiger partial charge in [-0.3, -0.25) is 0 Å². The van der Waals surface area contributed by atoms with Crippen molar-refractivity contribution in [1.82, 2.24) is 5.32 Å². The Bertz CT molecular complexity index is 270. The van der Waals surface area contributed by atoms with Crippen molar-refractivity contribution in [3.63, 3.8) is 0 Å². The molecule has 1 heterocycles. The van der Waals surface area contributed by atoms with Gasteiger partial charge in [-0.05, 0) is 37.6 Å². The van der Waals surface area contributed by atoms with Gasteiger partial charge >= 0.3 is 0 Å². The molecule has 3 nitrogen and oxygen atoms in total. The fourth-order valence-electron chi connectivity index (χ4n) is 1.42. The topological polar surface area (TPSA) is 58.3 Å². The quantitative estimate of drug-likeness (QED) is 0.612. The van der Waals surface area contributed by atoms with Gasteiger partial charge in [0.05, 0.1) is 6.61 Å². The van der Waals surface area contributed by atoms with Crippen LogP contribution in [0.2, 0.25) is 0 Å². The van der Waals surface area contributed by atoms with Gasteiger partial charge in [0.15, 0.2) is 0 Å². The summed E-state index contributed by atoms with van der Waals surface area (Å²) < 4.78 is 12.1. The number of nitrogen functional groups attached to an aromatic ring is 1. The third kappa shape index (κ3) is 4.76. The molecule has 1 unspecified atom stereocenters. The molecular formula is C11H17FN2O. The second-order valence-corrected chi connectivity index (χ2v) is 3.53. The first-order valence-corrected chi connectivity index (χ1v) is 5.07. The summed E-state index contributed by atoms with van der Waals surface area (Å²) in [6, 6.07) is 6.25. The molecule has 2 rings (SSSR count). The highest BCUT2D eigenvalue weighted by Crippen LogP contribution is 2.03. The number of anilines is 1. The highest BCUT2D eigenvalue weighted by Gasteiger charge is 2.10. The molecule has 0 spiro atoms. The maximum atomic E-state index is 12.1. The van der Waals surface area contributed by atoms with Gasteiger partial charge in [0.25, 0.3) is 0 Å². The summed E-state index contributed by atoms with van der Waals surface area (Å²) in [7, 11) is 0. The van der Waals surface area contributed by atoms with Gasteiger partial charge in [0.2, 0.25) is 0 Å².